The smallest absolute Gasteiger partial charge is 0.0546 e. The van der Waals surface area contributed by atoms with Gasteiger partial charge in [-0.2, -0.15) is 0 Å². The standard InChI is InChI=1S/C20H21N3.ClH/c1-13-3-4-15(11-20(13)23-2)18-10-9-17(22)12-19(18)14-5-7-16(21)8-6-14;/h3,5-12,22-23H,4,21H2,1-2H3;1H. The summed E-state index contributed by atoms with van der Waals surface area (Å²) in [7, 11) is 1.94. The Labute approximate surface area is 149 Å². The molecule has 24 heavy (non-hydrogen) atoms. The van der Waals surface area contributed by atoms with E-state index in [1.54, 1.807) is 0 Å². The molecule has 3 nitrogen and oxygen atoms in total. The lowest BCUT2D eigenvalue weighted by Gasteiger charge is -2.21. The van der Waals surface area contributed by atoms with Crippen LogP contribution in [0.5, 0.6) is 0 Å². The monoisotopic (exact) mass is 339 g/mol. The van der Waals surface area contributed by atoms with Crippen molar-refractivity contribution in [1.82, 2.24) is 5.32 Å². The summed E-state index contributed by atoms with van der Waals surface area (Å²) in [4.78, 5) is 0. The molecule has 4 N–H and O–H groups in total. The van der Waals surface area contributed by atoms with E-state index in [1.165, 1.54) is 16.7 Å². The van der Waals surface area contributed by atoms with Crippen LogP contribution in [0, 0.1) is 5.41 Å². The Morgan fingerprint density at radius 3 is 2.46 bits per heavy atom. The first kappa shape index (κ1) is 17.8. The number of allylic oxidation sites excluding steroid dienone is 9. The number of likely N-dealkylation sites (N-methyl/N-ethyl adjacent to an activating group) is 1. The Hall–Kier alpha value is -2.52. The van der Waals surface area contributed by atoms with Gasteiger partial charge in [-0.25, -0.2) is 0 Å². The normalized spacial score (nSPS) is 19.9. The Kier molecular flexibility index (Phi) is 5.47. The lowest BCUT2D eigenvalue weighted by molar-refractivity contribution is 0.967. The molecule has 0 amide bonds. The molecule has 2 aliphatic rings. The van der Waals surface area contributed by atoms with Crippen LogP contribution in [0.3, 0.4) is 0 Å². The zero-order valence-electron chi connectivity index (χ0n) is 13.9. The zero-order valence-corrected chi connectivity index (χ0v) is 14.7. The minimum Gasteiger partial charge on any atom is -0.399 e. The lowest BCUT2D eigenvalue weighted by Crippen LogP contribution is -2.11. The van der Waals surface area contributed by atoms with Crippen LogP contribution in [-0.2, 0) is 0 Å². The van der Waals surface area contributed by atoms with Gasteiger partial charge < -0.3 is 16.5 Å². The second-order valence-corrected chi connectivity index (χ2v) is 5.81. The van der Waals surface area contributed by atoms with Gasteiger partial charge in [0.1, 0.15) is 0 Å². The van der Waals surface area contributed by atoms with Gasteiger partial charge in [-0.1, -0.05) is 24.3 Å². The summed E-state index contributed by atoms with van der Waals surface area (Å²) in [6, 6.07) is 7.84. The van der Waals surface area contributed by atoms with E-state index in [4.69, 9.17) is 11.1 Å². The predicted molar refractivity (Wildman–Crippen MR) is 105 cm³/mol. The second-order valence-electron chi connectivity index (χ2n) is 5.81. The highest BCUT2D eigenvalue weighted by Crippen LogP contribution is 2.34. The minimum absolute atomic E-state index is 0. The quantitative estimate of drug-likeness (QED) is 0.699. The number of hydrogen-bond acceptors (Lipinski definition) is 3. The summed E-state index contributed by atoms with van der Waals surface area (Å²) in [5.74, 6) is 0. The molecule has 0 aliphatic heterocycles. The van der Waals surface area contributed by atoms with Gasteiger partial charge in [0.25, 0.3) is 0 Å². The number of hydrogen-bond donors (Lipinski definition) is 3. The van der Waals surface area contributed by atoms with Gasteiger partial charge in [0.15, 0.2) is 0 Å². The van der Waals surface area contributed by atoms with Crippen molar-refractivity contribution in [3.05, 3.63) is 82.6 Å². The molecular formula is C20H22ClN3. The van der Waals surface area contributed by atoms with Crippen LogP contribution in [0.1, 0.15) is 18.9 Å². The highest BCUT2D eigenvalue weighted by Gasteiger charge is 2.16. The van der Waals surface area contributed by atoms with E-state index in [-0.39, 0.29) is 12.4 Å². The molecule has 0 atom stereocenters. The van der Waals surface area contributed by atoms with Gasteiger partial charge in [0.2, 0.25) is 0 Å². The molecule has 0 spiro atoms. The van der Waals surface area contributed by atoms with Crippen molar-refractivity contribution in [2.45, 2.75) is 13.3 Å². The van der Waals surface area contributed by atoms with Crippen molar-refractivity contribution in [2.75, 3.05) is 12.8 Å². The maximum absolute atomic E-state index is 7.97. The first-order chi connectivity index (χ1) is 11.1. The van der Waals surface area contributed by atoms with Crippen molar-refractivity contribution in [3.63, 3.8) is 0 Å². The molecule has 0 saturated carbocycles. The van der Waals surface area contributed by atoms with Gasteiger partial charge in [-0.05, 0) is 71.6 Å². The number of rotatable bonds is 2. The number of benzene rings is 1. The topological polar surface area (TPSA) is 61.9 Å². The summed E-state index contributed by atoms with van der Waals surface area (Å²) in [5.41, 5.74) is 14.1. The third kappa shape index (κ3) is 3.52. The fourth-order valence-electron chi connectivity index (χ4n) is 2.90. The summed E-state index contributed by atoms with van der Waals surface area (Å²) >= 11 is 0. The molecule has 0 radical (unpaired) electrons. The molecular weight excluding hydrogens is 318 g/mol. The summed E-state index contributed by atoms with van der Waals surface area (Å²) in [5, 5.41) is 11.2. The molecule has 124 valence electrons. The Morgan fingerprint density at radius 1 is 1.08 bits per heavy atom. The SMILES string of the molecule is CNC1=CC(=C2C=CC(=N)C=C2c2ccc(N)cc2)CC=C1C.Cl. The van der Waals surface area contributed by atoms with Crippen molar-refractivity contribution in [1.29, 1.82) is 5.41 Å². The average Bonchev–Trinajstić information content (AvgIpc) is 2.56. The van der Waals surface area contributed by atoms with E-state index >= 15 is 0 Å². The zero-order chi connectivity index (χ0) is 16.4. The first-order valence-electron chi connectivity index (χ1n) is 7.73. The molecule has 2 aliphatic carbocycles. The largest absolute Gasteiger partial charge is 0.399 e. The van der Waals surface area contributed by atoms with Crippen LogP contribution in [0.25, 0.3) is 5.57 Å². The van der Waals surface area contributed by atoms with Crippen molar-refractivity contribution in [2.24, 2.45) is 0 Å². The first-order valence-corrected chi connectivity index (χ1v) is 7.73. The molecule has 0 heterocycles. The maximum atomic E-state index is 7.97. The van der Waals surface area contributed by atoms with Gasteiger partial charge in [0, 0.05) is 18.4 Å². The molecule has 0 unspecified atom stereocenters. The molecule has 4 heteroatoms. The van der Waals surface area contributed by atoms with Crippen LogP contribution in [0.15, 0.2) is 77.1 Å². The highest BCUT2D eigenvalue weighted by atomic mass is 35.5. The van der Waals surface area contributed by atoms with E-state index in [2.05, 4.69) is 24.4 Å². The van der Waals surface area contributed by atoms with E-state index in [9.17, 15) is 0 Å². The Bertz CT molecular complexity index is 806. The Morgan fingerprint density at radius 2 is 1.79 bits per heavy atom. The Balaban J connectivity index is 0.00000208. The third-order valence-corrected chi connectivity index (χ3v) is 4.23. The number of halogens is 1. The van der Waals surface area contributed by atoms with Gasteiger partial charge in [0.05, 0.1) is 5.71 Å². The molecule has 0 saturated heterocycles. The minimum atomic E-state index is 0. The van der Waals surface area contributed by atoms with Crippen molar-refractivity contribution < 1.29 is 0 Å². The number of anilines is 1. The van der Waals surface area contributed by atoms with Crippen LogP contribution in [0.2, 0.25) is 0 Å². The van der Waals surface area contributed by atoms with Crippen LogP contribution >= 0.6 is 12.4 Å². The van der Waals surface area contributed by atoms with Crippen LogP contribution < -0.4 is 11.1 Å². The number of nitrogen functional groups attached to an aromatic ring is 1. The van der Waals surface area contributed by atoms with Crippen molar-refractivity contribution >= 4 is 29.4 Å². The molecule has 0 fully saturated rings. The maximum Gasteiger partial charge on any atom is 0.0546 e. The summed E-state index contributed by atoms with van der Waals surface area (Å²) in [6.45, 7) is 2.12. The number of nitrogens with one attached hydrogen (secondary N) is 2. The molecule has 0 bridgehead atoms. The molecule has 1 aromatic carbocycles. The van der Waals surface area contributed by atoms with Gasteiger partial charge >= 0.3 is 0 Å². The molecule has 1 aromatic rings. The van der Waals surface area contributed by atoms with E-state index in [0.717, 1.165) is 28.9 Å². The average molecular weight is 340 g/mol. The van der Waals surface area contributed by atoms with Gasteiger partial charge in [-0.3, -0.25) is 0 Å². The number of nitrogens with two attached hydrogens (primary N) is 1. The fraction of sp³-hybridized carbons (Fsp3) is 0.150. The van der Waals surface area contributed by atoms with Gasteiger partial charge in [-0.15, -0.1) is 12.4 Å². The molecule has 0 aromatic heterocycles. The second kappa shape index (κ2) is 7.37. The predicted octanol–water partition coefficient (Wildman–Crippen LogP) is 4.41. The van der Waals surface area contributed by atoms with E-state index in [1.807, 2.05) is 49.5 Å². The lowest BCUT2D eigenvalue weighted by atomic mass is 9.86. The summed E-state index contributed by atoms with van der Waals surface area (Å²) < 4.78 is 0. The fourth-order valence-corrected chi connectivity index (χ4v) is 2.90. The van der Waals surface area contributed by atoms with E-state index in [0.29, 0.717) is 5.71 Å². The summed E-state index contributed by atoms with van der Waals surface area (Å²) in [6.07, 6.45) is 11.2. The van der Waals surface area contributed by atoms with E-state index < -0.39 is 0 Å². The van der Waals surface area contributed by atoms with Crippen LogP contribution in [0.4, 0.5) is 5.69 Å². The van der Waals surface area contributed by atoms with Crippen LogP contribution in [-0.4, -0.2) is 12.8 Å². The third-order valence-electron chi connectivity index (χ3n) is 4.23. The van der Waals surface area contributed by atoms with Crippen molar-refractivity contribution in [3.8, 4) is 0 Å². The highest BCUT2D eigenvalue weighted by molar-refractivity contribution is 6.12. The molecule has 3 rings (SSSR count).